The number of carbonyl (C=O) groups is 2. The highest BCUT2D eigenvalue weighted by Crippen LogP contribution is 2.29. The number of nitrogens with one attached hydrogen (secondary N) is 1. The first kappa shape index (κ1) is 17.8. The van der Waals surface area contributed by atoms with E-state index in [2.05, 4.69) is 10.3 Å². The zero-order valence-electron chi connectivity index (χ0n) is 12.4. The van der Waals surface area contributed by atoms with Gasteiger partial charge in [-0.3, -0.25) is 9.59 Å². The first-order valence-corrected chi connectivity index (χ1v) is 8.17. The Labute approximate surface area is 144 Å². The van der Waals surface area contributed by atoms with Gasteiger partial charge in [-0.2, -0.15) is 0 Å². The van der Waals surface area contributed by atoms with Gasteiger partial charge in [-0.15, -0.1) is 0 Å². The van der Waals surface area contributed by atoms with E-state index in [1.165, 1.54) is 12.3 Å². The number of ether oxygens (including phenoxy) is 1. The number of carbonyl (C=O) groups excluding carboxylic acids is 1. The van der Waals surface area contributed by atoms with Crippen molar-refractivity contribution in [1.29, 1.82) is 0 Å². The Morgan fingerprint density at radius 1 is 1.26 bits per heavy atom. The molecule has 1 aliphatic rings. The minimum absolute atomic E-state index is 0.0624. The molecule has 1 aromatic heterocycles. The van der Waals surface area contributed by atoms with Gasteiger partial charge in [-0.1, -0.05) is 23.2 Å². The van der Waals surface area contributed by atoms with Crippen LogP contribution in [0.15, 0.2) is 12.3 Å². The molecule has 1 heterocycles. The minimum atomic E-state index is -0.774. The van der Waals surface area contributed by atoms with Crippen molar-refractivity contribution in [3.63, 3.8) is 0 Å². The van der Waals surface area contributed by atoms with Gasteiger partial charge in [0.1, 0.15) is 11.6 Å². The van der Waals surface area contributed by atoms with E-state index in [9.17, 15) is 9.59 Å². The van der Waals surface area contributed by atoms with E-state index in [0.29, 0.717) is 42.3 Å². The van der Waals surface area contributed by atoms with Crippen LogP contribution >= 0.6 is 23.2 Å². The molecule has 8 heteroatoms. The monoisotopic (exact) mass is 360 g/mol. The lowest BCUT2D eigenvalue weighted by molar-refractivity contribution is -0.144. The fourth-order valence-corrected chi connectivity index (χ4v) is 3.01. The summed E-state index contributed by atoms with van der Waals surface area (Å²) in [4.78, 5) is 26.9. The predicted molar refractivity (Wildman–Crippen MR) is 85.8 cm³/mol. The molecule has 1 amide bonds. The number of aliphatic carboxylic acids is 1. The Hall–Kier alpha value is -1.53. The summed E-state index contributed by atoms with van der Waals surface area (Å²) in [7, 11) is 0. The second kappa shape index (κ2) is 8.36. The van der Waals surface area contributed by atoms with Crippen molar-refractivity contribution in [1.82, 2.24) is 10.3 Å². The van der Waals surface area contributed by atoms with Crippen molar-refractivity contribution in [3.8, 4) is 5.88 Å². The normalized spacial score (nSPS) is 20.8. The van der Waals surface area contributed by atoms with Crippen LogP contribution in [-0.4, -0.2) is 35.1 Å². The first-order chi connectivity index (χ1) is 11.0. The summed E-state index contributed by atoms with van der Waals surface area (Å²) < 4.78 is 5.38. The van der Waals surface area contributed by atoms with Crippen molar-refractivity contribution in [3.05, 3.63) is 22.3 Å². The second-order valence-electron chi connectivity index (χ2n) is 5.47. The third-order valence-corrected chi connectivity index (χ3v) is 4.34. The van der Waals surface area contributed by atoms with Crippen LogP contribution < -0.4 is 10.1 Å². The van der Waals surface area contributed by atoms with E-state index in [1.807, 2.05) is 0 Å². The SMILES string of the molecule is O=C(O)C1CCC(C(=O)NCCOc2ncc(Cl)cc2Cl)CC1. The molecule has 23 heavy (non-hydrogen) atoms. The Balaban J connectivity index is 1.68. The molecule has 0 aliphatic heterocycles. The van der Waals surface area contributed by atoms with Crippen LogP contribution in [0.5, 0.6) is 5.88 Å². The zero-order chi connectivity index (χ0) is 16.8. The van der Waals surface area contributed by atoms with Crippen molar-refractivity contribution in [2.24, 2.45) is 11.8 Å². The molecule has 2 N–H and O–H groups in total. The summed E-state index contributed by atoms with van der Waals surface area (Å²) in [5, 5.41) is 12.5. The van der Waals surface area contributed by atoms with Gasteiger partial charge in [0.25, 0.3) is 0 Å². The molecule has 6 nitrogen and oxygen atoms in total. The largest absolute Gasteiger partial charge is 0.481 e. The summed E-state index contributed by atoms with van der Waals surface area (Å²) in [6.45, 7) is 0.572. The standard InChI is InChI=1S/C15H18Cl2N2O4/c16-11-7-12(17)14(19-8-11)23-6-5-18-13(20)9-1-3-10(4-2-9)15(21)22/h7-10H,1-6H2,(H,18,20)(H,21,22). The lowest BCUT2D eigenvalue weighted by Gasteiger charge is -2.25. The molecule has 0 radical (unpaired) electrons. The summed E-state index contributed by atoms with van der Waals surface area (Å²) in [6.07, 6.45) is 3.74. The lowest BCUT2D eigenvalue weighted by Crippen LogP contribution is -2.36. The molecule has 0 unspecified atom stereocenters. The van der Waals surface area contributed by atoms with Crippen LogP contribution in [0, 0.1) is 11.8 Å². The lowest BCUT2D eigenvalue weighted by atomic mass is 9.81. The smallest absolute Gasteiger partial charge is 0.306 e. The number of rotatable bonds is 6. The van der Waals surface area contributed by atoms with Gasteiger partial charge in [0.2, 0.25) is 11.8 Å². The van der Waals surface area contributed by atoms with Crippen LogP contribution in [0.1, 0.15) is 25.7 Å². The van der Waals surface area contributed by atoms with Gasteiger partial charge < -0.3 is 15.2 Å². The van der Waals surface area contributed by atoms with E-state index >= 15 is 0 Å². The number of aromatic nitrogens is 1. The van der Waals surface area contributed by atoms with Gasteiger partial charge in [-0.05, 0) is 31.7 Å². The third-order valence-electron chi connectivity index (χ3n) is 3.86. The van der Waals surface area contributed by atoms with Crippen molar-refractivity contribution in [2.45, 2.75) is 25.7 Å². The highest BCUT2D eigenvalue weighted by Gasteiger charge is 2.29. The van der Waals surface area contributed by atoms with Gasteiger partial charge >= 0.3 is 5.97 Å². The molecular weight excluding hydrogens is 343 g/mol. The van der Waals surface area contributed by atoms with Gasteiger partial charge in [0.15, 0.2) is 0 Å². The fraction of sp³-hybridized carbons (Fsp3) is 0.533. The number of hydrogen-bond acceptors (Lipinski definition) is 4. The number of carboxylic acid groups (broad SMARTS) is 1. The summed E-state index contributed by atoms with van der Waals surface area (Å²) >= 11 is 11.7. The summed E-state index contributed by atoms with van der Waals surface area (Å²) in [6, 6.07) is 1.53. The quantitative estimate of drug-likeness (QED) is 0.761. The molecule has 0 bridgehead atoms. The molecule has 0 saturated heterocycles. The molecule has 1 fully saturated rings. The van der Waals surface area contributed by atoms with Crippen LogP contribution in [0.2, 0.25) is 10.0 Å². The Bertz CT molecular complexity index is 575. The molecular formula is C15H18Cl2N2O4. The highest BCUT2D eigenvalue weighted by molar-refractivity contribution is 6.35. The number of amides is 1. The van der Waals surface area contributed by atoms with Crippen LogP contribution in [0.3, 0.4) is 0 Å². The average molecular weight is 361 g/mol. The highest BCUT2D eigenvalue weighted by atomic mass is 35.5. The molecule has 1 aromatic rings. The topological polar surface area (TPSA) is 88.5 Å². The van der Waals surface area contributed by atoms with Gasteiger partial charge in [-0.25, -0.2) is 4.98 Å². The first-order valence-electron chi connectivity index (χ1n) is 7.41. The molecule has 2 rings (SSSR count). The maximum Gasteiger partial charge on any atom is 0.306 e. The maximum atomic E-state index is 12.0. The van der Waals surface area contributed by atoms with Crippen molar-refractivity contribution < 1.29 is 19.4 Å². The molecule has 1 saturated carbocycles. The van der Waals surface area contributed by atoms with Crippen LogP contribution in [-0.2, 0) is 9.59 Å². The van der Waals surface area contributed by atoms with Gasteiger partial charge in [0.05, 0.1) is 17.5 Å². The number of nitrogens with zero attached hydrogens (tertiary/aromatic N) is 1. The zero-order valence-corrected chi connectivity index (χ0v) is 13.9. The average Bonchev–Trinajstić information content (AvgIpc) is 2.53. The van der Waals surface area contributed by atoms with E-state index in [4.69, 9.17) is 33.0 Å². The summed E-state index contributed by atoms with van der Waals surface area (Å²) in [5.41, 5.74) is 0. The Morgan fingerprint density at radius 2 is 1.91 bits per heavy atom. The molecule has 0 spiro atoms. The van der Waals surface area contributed by atoms with E-state index in [-0.39, 0.29) is 30.2 Å². The number of halogens is 2. The van der Waals surface area contributed by atoms with Crippen LogP contribution in [0.4, 0.5) is 0 Å². The second-order valence-corrected chi connectivity index (χ2v) is 6.31. The Morgan fingerprint density at radius 3 is 2.52 bits per heavy atom. The summed E-state index contributed by atoms with van der Waals surface area (Å²) in [5.74, 6) is -1.01. The molecule has 0 aromatic carbocycles. The number of carboxylic acids is 1. The minimum Gasteiger partial charge on any atom is -0.481 e. The molecule has 0 atom stereocenters. The van der Waals surface area contributed by atoms with Crippen molar-refractivity contribution >= 4 is 35.1 Å². The number of pyridine rings is 1. The van der Waals surface area contributed by atoms with E-state index in [0.717, 1.165) is 0 Å². The predicted octanol–water partition coefficient (Wildman–Crippen LogP) is 2.77. The van der Waals surface area contributed by atoms with E-state index in [1.54, 1.807) is 0 Å². The fourth-order valence-electron chi connectivity index (χ4n) is 2.58. The Kier molecular flexibility index (Phi) is 6.47. The number of hydrogen-bond donors (Lipinski definition) is 2. The molecule has 126 valence electrons. The van der Waals surface area contributed by atoms with Crippen LogP contribution in [0.25, 0.3) is 0 Å². The maximum absolute atomic E-state index is 12.0. The van der Waals surface area contributed by atoms with Gasteiger partial charge in [0, 0.05) is 12.1 Å². The van der Waals surface area contributed by atoms with Crippen molar-refractivity contribution in [2.75, 3.05) is 13.2 Å². The third kappa shape index (κ3) is 5.25. The molecule has 1 aliphatic carbocycles. The van der Waals surface area contributed by atoms with E-state index < -0.39 is 5.97 Å².